The molecule has 0 radical (unpaired) electrons. The molecule has 2 aromatic carbocycles. The van der Waals surface area contributed by atoms with E-state index in [4.69, 9.17) is 0 Å². The fourth-order valence-corrected chi connectivity index (χ4v) is 2.61. The predicted molar refractivity (Wildman–Crippen MR) is 95.2 cm³/mol. The van der Waals surface area contributed by atoms with E-state index in [1.807, 2.05) is 72.5 Å². The Morgan fingerprint density at radius 2 is 1.75 bits per heavy atom. The first-order valence-electron chi connectivity index (χ1n) is 8.10. The summed E-state index contributed by atoms with van der Waals surface area (Å²) in [4.78, 5) is 14.2. The second kappa shape index (κ2) is 7.13. The summed E-state index contributed by atoms with van der Waals surface area (Å²) >= 11 is 0. The lowest BCUT2D eigenvalue weighted by Gasteiger charge is -2.16. The number of carbonyl (C=O) groups excluding carboxylic acids is 1. The van der Waals surface area contributed by atoms with Gasteiger partial charge in [-0.05, 0) is 36.2 Å². The van der Waals surface area contributed by atoms with Crippen LogP contribution < -0.4 is 0 Å². The van der Waals surface area contributed by atoms with Crippen molar-refractivity contribution in [3.8, 4) is 5.69 Å². The molecule has 0 aliphatic carbocycles. The van der Waals surface area contributed by atoms with Gasteiger partial charge in [-0.25, -0.2) is 4.68 Å². The number of nitrogens with zero attached hydrogens (tertiary/aromatic N) is 3. The van der Waals surface area contributed by atoms with Crippen molar-refractivity contribution in [2.75, 3.05) is 7.05 Å². The summed E-state index contributed by atoms with van der Waals surface area (Å²) in [6.07, 6.45) is 4.74. The van der Waals surface area contributed by atoms with Gasteiger partial charge in [0.25, 0.3) is 5.91 Å². The van der Waals surface area contributed by atoms with Crippen LogP contribution >= 0.6 is 0 Å². The predicted octanol–water partition coefficient (Wildman–Crippen LogP) is 3.71. The smallest absolute Gasteiger partial charge is 0.253 e. The fourth-order valence-electron chi connectivity index (χ4n) is 2.61. The number of aryl methyl sites for hydroxylation is 1. The fraction of sp³-hybridized carbons (Fsp3) is 0.200. The van der Waals surface area contributed by atoms with Crippen molar-refractivity contribution in [1.29, 1.82) is 0 Å². The normalized spacial score (nSPS) is 10.6. The van der Waals surface area contributed by atoms with Gasteiger partial charge in [0.2, 0.25) is 0 Å². The van der Waals surface area contributed by atoms with E-state index >= 15 is 0 Å². The minimum atomic E-state index is 0.0186. The summed E-state index contributed by atoms with van der Waals surface area (Å²) < 4.78 is 1.82. The maximum Gasteiger partial charge on any atom is 0.253 e. The molecule has 1 aromatic heterocycles. The molecule has 3 aromatic rings. The Bertz CT molecular complexity index is 806. The highest BCUT2D eigenvalue weighted by atomic mass is 16.2. The van der Waals surface area contributed by atoms with Crippen molar-refractivity contribution in [3.05, 3.63) is 83.7 Å². The largest absolute Gasteiger partial charge is 0.337 e. The quantitative estimate of drug-likeness (QED) is 0.719. The van der Waals surface area contributed by atoms with Crippen LogP contribution in [-0.4, -0.2) is 27.6 Å². The molecule has 0 saturated heterocycles. The molecule has 4 heteroatoms. The van der Waals surface area contributed by atoms with Crippen molar-refractivity contribution in [1.82, 2.24) is 14.7 Å². The Kier molecular flexibility index (Phi) is 4.75. The minimum absolute atomic E-state index is 0.0186. The Morgan fingerprint density at radius 1 is 1.04 bits per heavy atom. The van der Waals surface area contributed by atoms with Crippen LogP contribution in [0.3, 0.4) is 0 Å². The molecule has 122 valence electrons. The number of carbonyl (C=O) groups is 1. The van der Waals surface area contributed by atoms with Crippen molar-refractivity contribution in [2.24, 2.45) is 0 Å². The van der Waals surface area contributed by atoms with Gasteiger partial charge in [-0.2, -0.15) is 5.10 Å². The first-order valence-corrected chi connectivity index (χ1v) is 8.10. The van der Waals surface area contributed by atoms with Crippen molar-refractivity contribution < 1.29 is 4.79 Å². The van der Waals surface area contributed by atoms with Crippen LogP contribution in [0.15, 0.2) is 67.0 Å². The third kappa shape index (κ3) is 3.54. The summed E-state index contributed by atoms with van der Waals surface area (Å²) in [6, 6.07) is 17.7. The number of para-hydroxylation sites is 1. The summed E-state index contributed by atoms with van der Waals surface area (Å²) in [5.41, 5.74) is 3.95. The second-order valence-electron chi connectivity index (χ2n) is 5.84. The Hall–Kier alpha value is -2.88. The van der Waals surface area contributed by atoms with Gasteiger partial charge in [-0.3, -0.25) is 4.79 Å². The number of amides is 1. The Labute approximate surface area is 142 Å². The molecule has 0 bridgehead atoms. The van der Waals surface area contributed by atoms with Crippen LogP contribution in [-0.2, 0) is 13.0 Å². The maximum absolute atomic E-state index is 12.5. The van der Waals surface area contributed by atoms with Crippen molar-refractivity contribution in [2.45, 2.75) is 19.9 Å². The highest BCUT2D eigenvalue weighted by Crippen LogP contribution is 2.12. The van der Waals surface area contributed by atoms with Crippen LogP contribution in [0.4, 0.5) is 0 Å². The Morgan fingerprint density at radius 3 is 2.42 bits per heavy atom. The summed E-state index contributed by atoms with van der Waals surface area (Å²) in [7, 11) is 1.82. The molecule has 1 heterocycles. The zero-order valence-electron chi connectivity index (χ0n) is 14.0. The van der Waals surface area contributed by atoms with E-state index in [0.29, 0.717) is 12.1 Å². The molecule has 0 fully saturated rings. The van der Waals surface area contributed by atoms with Crippen LogP contribution in [0.25, 0.3) is 5.69 Å². The number of hydrogen-bond donors (Lipinski definition) is 0. The molecule has 0 saturated carbocycles. The van der Waals surface area contributed by atoms with Crippen LogP contribution in [0.2, 0.25) is 0 Å². The zero-order chi connectivity index (χ0) is 16.9. The van der Waals surface area contributed by atoms with Crippen molar-refractivity contribution >= 4 is 5.91 Å². The van der Waals surface area contributed by atoms with Gasteiger partial charge in [0.05, 0.1) is 11.9 Å². The van der Waals surface area contributed by atoms with E-state index in [9.17, 15) is 4.79 Å². The summed E-state index contributed by atoms with van der Waals surface area (Å²) in [6.45, 7) is 2.63. The topological polar surface area (TPSA) is 38.1 Å². The van der Waals surface area contributed by atoms with E-state index in [1.54, 1.807) is 11.1 Å². The van der Waals surface area contributed by atoms with E-state index in [1.165, 1.54) is 5.56 Å². The molecule has 3 rings (SSSR count). The monoisotopic (exact) mass is 319 g/mol. The third-order valence-electron chi connectivity index (χ3n) is 4.03. The molecule has 0 unspecified atom stereocenters. The average Bonchev–Trinajstić information content (AvgIpc) is 3.10. The van der Waals surface area contributed by atoms with E-state index in [0.717, 1.165) is 17.7 Å². The molecular weight excluding hydrogens is 298 g/mol. The highest BCUT2D eigenvalue weighted by molar-refractivity contribution is 5.94. The lowest BCUT2D eigenvalue weighted by atomic mass is 10.1. The molecule has 0 aliphatic rings. The summed E-state index contributed by atoms with van der Waals surface area (Å²) in [5, 5.41) is 4.37. The highest BCUT2D eigenvalue weighted by Gasteiger charge is 2.13. The molecule has 4 nitrogen and oxygen atoms in total. The lowest BCUT2D eigenvalue weighted by Crippen LogP contribution is -2.26. The van der Waals surface area contributed by atoms with Crippen LogP contribution in [0.1, 0.15) is 28.4 Å². The van der Waals surface area contributed by atoms with Crippen LogP contribution in [0, 0.1) is 0 Å². The van der Waals surface area contributed by atoms with Gasteiger partial charge in [-0.15, -0.1) is 0 Å². The van der Waals surface area contributed by atoms with E-state index < -0.39 is 0 Å². The maximum atomic E-state index is 12.5. The summed E-state index contributed by atoms with van der Waals surface area (Å²) in [5.74, 6) is 0.0186. The van der Waals surface area contributed by atoms with Gasteiger partial charge >= 0.3 is 0 Å². The number of rotatable bonds is 5. The average molecular weight is 319 g/mol. The number of hydrogen-bond acceptors (Lipinski definition) is 2. The first-order chi connectivity index (χ1) is 11.7. The second-order valence-corrected chi connectivity index (χ2v) is 5.84. The van der Waals surface area contributed by atoms with Gasteiger partial charge in [-0.1, -0.05) is 37.3 Å². The molecule has 0 atom stereocenters. The minimum Gasteiger partial charge on any atom is -0.337 e. The van der Waals surface area contributed by atoms with Gasteiger partial charge in [0.15, 0.2) is 0 Å². The van der Waals surface area contributed by atoms with Gasteiger partial charge < -0.3 is 4.90 Å². The molecule has 0 N–H and O–H groups in total. The SMILES string of the molecule is CCc1ccc(C(=O)N(C)Cc2cnn(-c3ccccc3)c2)cc1. The number of aromatic nitrogens is 2. The zero-order valence-corrected chi connectivity index (χ0v) is 14.0. The molecule has 0 spiro atoms. The third-order valence-corrected chi connectivity index (χ3v) is 4.03. The van der Waals surface area contributed by atoms with Gasteiger partial charge in [0, 0.05) is 30.9 Å². The lowest BCUT2D eigenvalue weighted by molar-refractivity contribution is 0.0785. The molecule has 0 aliphatic heterocycles. The molecule has 24 heavy (non-hydrogen) atoms. The van der Waals surface area contributed by atoms with Crippen molar-refractivity contribution in [3.63, 3.8) is 0 Å². The standard InChI is InChI=1S/C20H21N3O/c1-3-16-9-11-18(12-10-16)20(24)22(2)14-17-13-21-23(15-17)19-7-5-4-6-8-19/h4-13,15H,3,14H2,1-2H3. The van der Waals surface area contributed by atoms with E-state index in [2.05, 4.69) is 12.0 Å². The van der Waals surface area contributed by atoms with Crippen LogP contribution in [0.5, 0.6) is 0 Å². The molecule has 1 amide bonds. The van der Waals surface area contributed by atoms with Gasteiger partial charge in [0.1, 0.15) is 0 Å². The molecular formula is C20H21N3O. The first kappa shape index (κ1) is 16.0. The number of benzene rings is 2. The Balaban J connectivity index is 1.69. The van der Waals surface area contributed by atoms with E-state index in [-0.39, 0.29) is 5.91 Å².